The molecular formula is C18H26N2O6. The van der Waals surface area contributed by atoms with Crippen molar-refractivity contribution in [2.24, 2.45) is 0 Å². The first-order valence-electron chi connectivity index (χ1n) is 8.72. The highest BCUT2D eigenvalue weighted by Crippen LogP contribution is 2.26. The lowest BCUT2D eigenvalue weighted by Crippen LogP contribution is -2.31. The first kappa shape index (κ1) is 21.6. The molecule has 1 rings (SSSR count). The second-order valence-electron chi connectivity index (χ2n) is 5.75. The summed E-state index contributed by atoms with van der Waals surface area (Å²) in [6, 6.07) is 3.69. The fourth-order valence-corrected chi connectivity index (χ4v) is 2.31. The molecule has 0 radical (unpaired) electrons. The molecule has 144 valence electrons. The number of rotatable bonds is 11. The Morgan fingerprint density at radius 3 is 2.54 bits per heavy atom. The van der Waals surface area contributed by atoms with Crippen molar-refractivity contribution in [3.63, 3.8) is 0 Å². The number of carbonyl (C=O) groups is 2. The highest BCUT2D eigenvalue weighted by Gasteiger charge is 2.22. The number of likely N-dealkylation sites (N-methyl/N-ethyl adjacent to an activating group) is 1. The number of esters is 1. The van der Waals surface area contributed by atoms with Crippen LogP contribution in [0.2, 0.25) is 0 Å². The molecule has 0 saturated carbocycles. The molecule has 0 aliphatic heterocycles. The number of ether oxygens (including phenoxy) is 2. The van der Waals surface area contributed by atoms with Gasteiger partial charge in [0.1, 0.15) is 6.61 Å². The maximum Gasteiger partial charge on any atom is 0.340 e. The summed E-state index contributed by atoms with van der Waals surface area (Å²) >= 11 is 0. The van der Waals surface area contributed by atoms with E-state index >= 15 is 0 Å². The van der Waals surface area contributed by atoms with E-state index in [2.05, 4.69) is 6.92 Å². The maximum absolute atomic E-state index is 12.3. The second kappa shape index (κ2) is 11.2. The van der Waals surface area contributed by atoms with Gasteiger partial charge in [-0.1, -0.05) is 26.2 Å². The van der Waals surface area contributed by atoms with Crippen LogP contribution in [0.4, 0.5) is 11.4 Å². The van der Waals surface area contributed by atoms with Crippen LogP contribution in [0, 0.1) is 10.1 Å². The molecule has 8 nitrogen and oxygen atoms in total. The normalized spacial score (nSPS) is 10.4. The molecule has 0 heterocycles. The summed E-state index contributed by atoms with van der Waals surface area (Å²) < 4.78 is 10.3. The van der Waals surface area contributed by atoms with E-state index < -0.39 is 16.8 Å². The van der Waals surface area contributed by atoms with Crippen molar-refractivity contribution in [2.45, 2.75) is 39.5 Å². The van der Waals surface area contributed by atoms with E-state index in [0.717, 1.165) is 25.7 Å². The van der Waals surface area contributed by atoms with Gasteiger partial charge in [0, 0.05) is 25.8 Å². The topological polar surface area (TPSA) is 99.0 Å². The number of carbonyl (C=O) groups excluding carboxylic acids is 2. The smallest absolute Gasteiger partial charge is 0.340 e. The molecule has 0 saturated heterocycles. The summed E-state index contributed by atoms with van der Waals surface area (Å²) in [6.07, 6.45) is 4.15. The summed E-state index contributed by atoms with van der Waals surface area (Å²) in [6.45, 7) is 4.24. The van der Waals surface area contributed by atoms with Crippen LogP contribution in [0.25, 0.3) is 0 Å². The number of hydrogen-bond acceptors (Lipinski definition) is 6. The monoisotopic (exact) mass is 366 g/mol. The van der Waals surface area contributed by atoms with Crippen molar-refractivity contribution in [3.8, 4) is 0 Å². The molecule has 0 spiro atoms. The van der Waals surface area contributed by atoms with Gasteiger partial charge in [-0.05, 0) is 19.4 Å². The fraction of sp³-hybridized carbons (Fsp3) is 0.556. The molecule has 8 heteroatoms. The molecular weight excluding hydrogens is 340 g/mol. The number of nitrogens with zero attached hydrogens (tertiary/aromatic N) is 2. The minimum Gasteiger partial charge on any atom is -0.462 e. The van der Waals surface area contributed by atoms with Crippen LogP contribution in [0.5, 0.6) is 0 Å². The minimum absolute atomic E-state index is 0.0937. The number of anilines is 1. The lowest BCUT2D eigenvalue weighted by molar-refractivity contribution is -0.384. The first-order valence-corrected chi connectivity index (χ1v) is 8.72. The lowest BCUT2D eigenvalue weighted by Gasteiger charge is -2.20. The van der Waals surface area contributed by atoms with Crippen molar-refractivity contribution < 1.29 is 24.0 Å². The van der Waals surface area contributed by atoms with E-state index in [1.165, 1.54) is 30.1 Å². The third-order valence-corrected chi connectivity index (χ3v) is 3.79. The zero-order valence-corrected chi connectivity index (χ0v) is 15.5. The molecule has 1 aromatic rings. The van der Waals surface area contributed by atoms with Gasteiger partial charge in [0.05, 0.1) is 22.8 Å². The van der Waals surface area contributed by atoms with Gasteiger partial charge in [0.2, 0.25) is 0 Å². The lowest BCUT2D eigenvalue weighted by atomic mass is 10.1. The van der Waals surface area contributed by atoms with Crippen molar-refractivity contribution >= 4 is 23.3 Å². The zero-order chi connectivity index (χ0) is 19.5. The highest BCUT2D eigenvalue weighted by molar-refractivity contribution is 6.03. The first-order chi connectivity index (χ1) is 12.4. The highest BCUT2D eigenvalue weighted by atomic mass is 16.6. The number of nitro benzene ring substituents is 1. The summed E-state index contributed by atoms with van der Waals surface area (Å²) in [5.41, 5.74) is 0.00154. The Labute approximate surface area is 153 Å². The number of non-ortho nitro benzene ring substituents is 1. The van der Waals surface area contributed by atoms with Crippen LogP contribution >= 0.6 is 0 Å². The molecule has 0 atom stereocenters. The molecule has 1 aromatic carbocycles. The van der Waals surface area contributed by atoms with Gasteiger partial charge in [-0.15, -0.1) is 0 Å². The molecule has 0 N–H and O–H groups in total. The van der Waals surface area contributed by atoms with Gasteiger partial charge >= 0.3 is 5.97 Å². The fourth-order valence-electron chi connectivity index (χ4n) is 2.31. The van der Waals surface area contributed by atoms with Gasteiger partial charge in [0.15, 0.2) is 0 Å². The average Bonchev–Trinajstić information content (AvgIpc) is 2.63. The van der Waals surface area contributed by atoms with Crippen LogP contribution in [0.3, 0.4) is 0 Å². The minimum atomic E-state index is -0.641. The molecule has 0 aliphatic carbocycles. The Kier molecular flexibility index (Phi) is 9.29. The van der Waals surface area contributed by atoms with Crippen LogP contribution in [0.15, 0.2) is 18.2 Å². The van der Waals surface area contributed by atoms with E-state index in [0.29, 0.717) is 6.61 Å². The molecule has 26 heavy (non-hydrogen) atoms. The number of hydrogen-bond donors (Lipinski definition) is 0. The molecule has 1 amide bonds. The summed E-state index contributed by atoms with van der Waals surface area (Å²) in [4.78, 5) is 36.0. The SMILES string of the molecule is CCCCCCOCC(=O)N(C)c1cc([N+](=O)[O-])ccc1C(=O)OCC. The second-order valence-corrected chi connectivity index (χ2v) is 5.75. The van der Waals surface area contributed by atoms with Crippen LogP contribution in [-0.4, -0.2) is 43.7 Å². The van der Waals surface area contributed by atoms with Gasteiger partial charge in [-0.2, -0.15) is 0 Å². The third-order valence-electron chi connectivity index (χ3n) is 3.79. The predicted octanol–water partition coefficient (Wildman–Crippen LogP) is 3.33. The average molecular weight is 366 g/mol. The van der Waals surface area contributed by atoms with Gasteiger partial charge in [-0.25, -0.2) is 4.79 Å². The Balaban J connectivity index is 2.85. The Morgan fingerprint density at radius 1 is 1.19 bits per heavy atom. The van der Waals surface area contributed by atoms with E-state index in [1.54, 1.807) is 6.92 Å². The summed E-state index contributed by atoms with van der Waals surface area (Å²) in [5, 5.41) is 11.0. The molecule has 0 fully saturated rings. The summed E-state index contributed by atoms with van der Waals surface area (Å²) in [7, 11) is 1.45. The van der Waals surface area contributed by atoms with Crippen molar-refractivity contribution in [1.82, 2.24) is 0 Å². The predicted molar refractivity (Wildman–Crippen MR) is 97.4 cm³/mol. The number of unbranched alkanes of at least 4 members (excludes halogenated alkanes) is 3. The largest absolute Gasteiger partial charge is 0.462 e. The standard InChI is InChI=1S/C18H26N2O6/c1-4-6-7-8-11-25-13-17(21)19(3)16-12-14(20(23)24)9-10-15(16)18(22)26-5-2/h9-10,12H,4-8,11,13H2,1-3H3. The quantitative estimate of drug-likeness (QED) is 0.258. The molecule has 0 bridgehead atoms. The van der Waals surface area contributed by atoms with Crippen molar-refractivity contribution in [2.75, 3.05) is 31.8 Å². The Bertz CT molecular complexity index is 632. The van der Waals surface area contributed by atoms with E-state index in [1.807, 2.05) is 0 Å². The van der Waals surface area contributed by atoms with Crippen molar-refractivity contribution in [3.05, 3.63) is 33.9 Å². The Hall–Kier alpha value is -2.48. The summed E-state index contributed by atoms with van der Waals surface area (Å²) in [5.74, 6) is -1.04. The van der Waals surface area contributed by atoms with Gasteiger partial charge in [-0.3, -0.25) is 14.9 Å². The van der Waals surface area contributed by atoms with Gasteiger partial charge < -0.3 is 14.4 Å². The number of amides is 1. The zero-order valence-electron chi connectivity index (χ0n) is 15.5. The van der Waals surface area contributed by atoms with Gasteiger partial charge in [0.25, 0.3) is 11.6 Å². The molecule has 0 aromatic heterocycles. The molecule has 0 unspecified atom stereocenters. The molecule has 0 aliphatic rings. The third kappa shape index (κ3) is 6.44. The van der Waals surface area contributed by atoms with E-state index in [9.17, 15) is 19.7 Å². The van der Waals surface area contributed by atoms with E-state index in [-0.39, 0.29) is 30.2 Å². The van der Waals surface area contributed by atoms with Crippen LogP contribution in [-0.2, 0) is 14.3 Å². The van der Waals surface area contributed by atoms with E-state index in [4.69, 9.17) is 9.47 Å². The van der Waals surface area contributed by atoms with Crippen molar-refractivity contribution in [1.29, 1.82) is 0 Å². The Morgan fingerprint density at radius 2 is 1.92 bits per heavy atom. The van der Waals surface area contributed by atoms with Crippen LogP contribution in [0.1, 0.15) is 49.9 Å². The number of benzene rings is 1. The van der Waals surface area contributed by atoms with Crippen LogP contribution < -0.4 is 4.90 Å². The number of nitro groups is 1. The maximum atomic E-state index is 12.3.